The lowest BCUT2D eigenvalue weighted by atomic mass is 10.2. The normalized spacial score (nSPS) is 10.2. The average Bonchev–Trinajstić information content (AvgIpc) is 2.28. The number of hydrogen-bond donors (Lipinski definition) is 2. The number of benzene rings is 1. The van der Waals surface area contributed by atoms with E-state index in [4.69, 9.17) is 9.84 Å². The molecule has 2 N–H and O–H groups in total. The second kappa shape index (κ2) is 6.26. The van der Waals surface area contributed by atoms with Crippen LogP contribution in [0.15, 0.2) is 29.4 Å². The Kier molecular flexibility index (Phi) is 4.68. The first-order valence-electron chi connectivity index (χ1n) is 4.79. The van der Waals surface area contributed by atoms with Gasteiger partial charge in [0.1, 0.15) is 12.2 Å². The molecular weight excluding hydrogens is 224 g/mol. The van der Waals surface area contributed by atoms with E-state index in [1.165, 1.54) is 6.21 Å². The molecule has 6 heteroatoms. The molecule has 1 amide bonds. The Morgan fingerprint density at radius 3 is 2.94 bits per heavy atom. The van der Waals surface area contributed by atoms with Gasteiger partial charge < -0.3 is 9.84 Å². The van der Waals surface area contributed by atoms with E-state index in [1.807, 2.05) is 0 Å². The van der Waals surface area contributed by atoms with Gasteiger partial charge in [-0.25, -0.2) is 5.43 Å². The van der Waals surface area contributed by atoms with Gasteiger partial charge in [0.2, 0.25) is 0 Å². The summed E-state index contributed by atoms with van der Waals surface area (Å²) in [5.74, 6) is -1.19. The van der Waals surface area contributed by atoms with Gasteiger partial charge in [0.15, 0.2) is 0 Å². The molecule has 0 saturated heterocycles. The van der Waals surface area contributed by atoms with Crippen LogP contribution in [-0.2, 0) is 9.59 Å². The minimum Gasteiger partial charge on any atom is -0.497 e. The summed E-state index contributed by atoms with van der Waals surface area (Å²) in [5, 5.41) is 12.0. The van der Waals surface area contributed by atoms with Crippen LogP contribution >= 0.6 is 0 Å². The van der Waals surface area contributed by atoms with Crippen molar-refractivity contribution in [3.05, 3.63) is 29.8 Å². The molecule has 1 aromatic rings. The highest BCUT2D eigenvalue weighted by Gasteiger charge is 2.04. The van der Waals surface area contributed by atoms with Crippen molar-refractivity contribution in [3.8, 4) is 5.75 Å². The quantitative estimate of drug-likeness (QED) is 0.445. The van der Waals surface area contributed by atoms with Crippen LogP contribution in [-0.4, -0.2) is 30.3 Å². The predicted octanol–water partition coefficient (Wildman–Crippen LogP) is 0.620. The molecule has 6 nitrogen and oxygen atoms in total. The summed E-state index contributed by atoms with van der Waals surface area (Å²) in [4.78, 5) is 21.1. The van der Waals surface area contributed by atoms with Gasteiger partial charge in [-0.1, -0.05) is 12.1 Å². The van der Waals surface area contributed by atoms with Crippen LogP contribution in [0.3, 0.4) is 0 Å². The highest BCUT2D eigenvalue weighted by molar-refractivity contribution is 5.93. The number of nitrogens with zero attached hydrogens (tertiary/aromatic N) is 1. The number of amides is 1. The van der Waals surface area contributed by atoms with E-state index in [9.17, 15) is 9.59 Å². The Morgan fingerprint density at radius 1 is 1.53 bits per heavy atom. The van der Waals surface area contributed by atoms with Crippen LogP contribution in [0.4, 0.5) is 0 Å². The van der Waals surface area contributed by atoms with E-state index in [0.29, 0.717) is 5.75 Å². The van der Waals surface area contributed by atoms with E-state index < -0.39 is 18.3 Å². The van der Waals surface area contributed by atoms with Crippen molar-refractivity contribution in [3.63, 3.8) is 0 Å². The molecule has 0 aliphatic heterocycles. The third-order valence-electron chi connectivity index (χ3n) is 1.81. The number of carboxylic acid groups (broad SMARTS) is 1. The molecule has 0 heterocycles. The van der Waals surface area contributed by atoms with Gasteiger partial charge in [0.25, 0.3) is 5.91 Å². The Hall–Kier alpha value is -2.37. The summed E-state index contributed by atoms with van der Waals surface area (Å²) in [7, 11) is 1.55. The standard InChI is InChI=1S/C11H12N2O4/c1-17-9-4-2-3-8(5-9)7-12-13-10(14)6-11(15)16/h2-5,7H,6H2,1H3,(H,13,14)(H,15,16)/b12-7+. The zero-order valence-electron chi connectivity index (χ0n) is 9.21. The van der Waals surface area contributed by atoms with Crippen LogP contribution in [0, 0.1) is 0 Å². The van der Waals surface area contributed by atoms with Gasteiger partial charge in [-0.3, -0.25) is 9.59 Å². The topological polar surface area (TPSA) is 88.0 Å². The number of carbonyl (C=O) groups excluding carboxylic acids is 1. The molecule has 0 radical (unpaired) electrons. The minimum absolute atomic E-state index is 0.602. The number of aliphatic carboxylic acids is 1. The first-order valence-corrected chi connectivity index (χ1v) is 4.79. The van der Waals surface area contributed by atoms with Gasteiger partial charge in [-0.05, 0) is 17.7 Å². The fourth-order valence-corrected chi connectivity index (χ4v) is 1.08. The smallest absolute Gasteiger partial charge is 0.312 e. The summed E-state index contributed by atoms with van der Waals surface area (Å²) in [6, 6.07) is 7.06. The number of carboxylic acids is 1. The van der Waals surface area contributed by atoms with Crippen LogP contribution in [0.2, 0.25) is 0 Å². The molecule has 0 aliphatic rings. The zero-order valence-corrected chi connectivity index (χ0v) is 9.21. The van der Waals surface area contributed by atoms with Gasteiger partial charge in [-0.2, -0.15) is 5.10 Å². The van der Waals surface area contributed by atoms with Crippen LogP contribution in [0.1, 0.15) is 12.0 Å². The van der Waals surface area contributed by atoms with Crippen LogP contribution < -0.4 is 10.2 Å². The molecule has 0 aromatic heterocycles. The van der Waals surface area contributed by atoms with Gasteiger partial charge >= 0.3 is 5.97 Å². The highest BCUT2D eigenvalue weighted by Crippen LogP contribution is 2.10. The first-order chi connectivity index (χ1) is 8.11. The largest absolute Gasteiger partial charge is 0.497 e. The second-order valence-electron chi connectivity index (χ2n) is 3.14. The molecular formula is C11H12N2O4. The van der Waals surface area contributed by atoms with E-state index in [1.54, 1.807) is 31.4 Å². The maximum Gasteiger partial charge on any atom is 0.312 e. The molecule has 0 atom stereocenters. The zero-order chi connectivity index (χ0) is 12.7. The summed E-state index contributed by atoms with van der Waals surface area (Å²) >= 11 is 0. The number of nitrogens with one attached hydrogen (secondary N) is 1. The highest BCUT2D eigenvalue weighted by atomic mass is 16.5. The van der Waals surface area contributed by atoms with E-state index >= 15 is 0 Å². The lowest BCUT2D eigenvalue weighted by Gasteiger charge is -1.99. The number of carbonyl (C=O) groups is 2. The fourth-order valence-electron chi connectivity index (χ4n) is 1.08. The molecule has 0 saturated carbocycles. The molecule has 1 aromatic carbocycles. The molecule has 90 valence electrons. The average molecular weight is 236 g/mol. The summed E-state index contributed by atoms with van der Waals surface area (Å²) in [6.07, 6.45) is 0.803. The number of hydrazone groups is 1. The van der Waals surface area contributed by atoms with E-state index in [0.717, 1.165) is 5.56 Å². The van der Waals surface area contributed by atoms with E-state index in [-0.39, 0.29) is 0 Å². The molecule has 0 unspecified atom stereocenters. The summed E-state index contributed by atoms with van der Waals surface area (Å²) in [6.45, 7) is 0. The van der Waals surface area contributed by atoms with Crippen LogP contribution in [0.25, 0.3) is 0 Å². The number of rotatable bonds is 5. The Balaban J connectivity index is 2.53. The second-order valence-corrected chi connectivity index (χ2v) is 3.14. The fraction of sp³-hybridized carbons (Fsp3) is 0.182. The number of ether oxygens (including phenoxy) is 1. The molecule has 0 fully saturated rings. The van der Waals surface area contributed by atoms with Gasteiger partial charge in [0.05, 0.1) is 13.3 Å². The van der Waals surface area contributed by atoms with Crippen molar-refractivity contribution in [1.82, 2.24) is 5.43 Å². The summed E-state index contributed by atoms with van der Waals surface area (Å²) < 4.78 is 5.01. The SMILES string of the molecule is COc1cccc(/C=N/NC(=O)CC(=O)O)c1. The maximum absolute atomic E-state index is 10.9. The van der Waals surface area contributed by atoms with Crippen molar-refractivity contribution >= 4 is 18.1 Å². The van der Waals surface area contributed by atoms with Crippen molar-refractivity contribution in [1.29, 1.82) is 0 Å². The first kappa shape index (κ1) is 12.7. The third kappa shape index (κ3) is 4.78. The van der Waals surface area contributed by atoms with E-state index in [2.05, 4.69) is 10.5 Å². The Bertz CT molecular complexity index is 443. The lowest BCUT2D eigenvalue weighted by molar-refractivity contribution is -0.140. The van der Waals surface area contributed by atoms with Gasteiger partial charge in [-0.15, -0.1) is 0 Å². The molecule has 0 bridgehead atoms. The van der Waals surface area contributed by atoms with Crippen LogP contribution in [0.5, 0.6) is 5.75 Å². The Morgan fingerprint density at radius 2 is 2.29 bits per heavy atom. The van der Waals surface area contributed by atoms with Gasteiger partial charge in [0, 0.05) is 0 Å². The molecule has 0 spiro atoms. The minimum atomic E-state index is -1.20. The molecule has 17 heavy (non-hydrogen) atoms. The summed E-state index contributed by atoms with van der Waals surface area (Å²) in [5.41, 5.74) is 2.84. The number of hydrogen-bond acceptors (Lipinski definition) is 4. The predicted molar refractivity (Wildman–Crippen MR) is 61.0 cm³/mol. The van der Waals surface area contributed by atoms with Crippen molar-refractivity contribution in [2.75, 3.05) is 7.11 Å². The maximum atomic E-state index is 10.9. The number of methoxy groups -OCH3 is 1. The lowest BCUT2D eigenvalue weighted by Crippen LogP contribution is -2.20. The van der Waals surface area contributed by atoms with Crippen molar-refractivity contribution in [2.45, 2.75) is 6.42 Å². The van der Waals surface area contributed by atoms with Crippen molar-refractivity contribution in [2.24, 2.45) is 5.10 Å². The monoisotopic (exact) mass is 236 g/mol. The molecule has 1 rings (SSSR count). The van der Waals surface area contributed by atoms with Crippen molar-refractivity contribution < 1.29 is 19.4 Å². The Labute approximate surface area is 97.9 Å². The third-order valence-corrected chi connectivity index (χ3v) is 1.81. The molecule has 0 aliphatic carbocycles.